The first kappa shape index (κ1) is 22.1. The number of amides is 1. The van der Waals surface area contributed by atoms with Gasteiger partial charge in [-0.1, -0.05) is 30.0 Å². The first-order valence-corrected chi connectivity index (χ1v) is 10.9. The number of thioether (sulfide) groups is 1. The molecule has 3 rings (SSSR count). The molecule has 0 spiro atoms. The highest BCUT2D eigenvalue weighted by Gasteiger charge is 2.23. The highest BCUT2D eigenvalue weighted by Crippen LogP contribution is 2.28. The van der Waals surface area contributed by atoms with E-state index in [2.05, 4.69) is 25.2 Å². The Balaban J connectivity index is 1.68. The second kappa shape index (κ2) is 11.0. The average Bonchev–Trinajstić information content (AvgIpc) is 3.19. The third kappa shape index (κ3) is 5.73. The van der Waals surface area contributed by atoms with Crippen LogP contribution >= 0.6 is 11.8 Å². The summed E-state index contributed by atoms with van der Waals surface area (Å²) in [6.07, 6.45) is 0.831. The minimum Gasteiger partial charge on any atom is -0.469 e. The number of methoxy groups -OCH3 is 1. The smallest absolute Gasteiger partial charge is 0.305 e. The van der Waals surface area contributed by atoms with Gasteiger partial charge in [0.1, 0.15) is 0 Å². The zero-order valence-electron chi connectivity index (χ0n) is 17.3. The number of rotatable bonds is 9. The fourth-order valence-electron chi connectivity index (χ4n) is 3.09. The molecule has 2 heterocycles. The normalized spacial score (nSPS) is 13.9. The maximum atomic E-state index is 12.2. The van der Waals surface area contributed by atoms with Gasteiger partial charge in [-0.3, -0.25) is 14.2 Å². The molecule has 1 aromatic heterocycles. The van der Waals surface area contributed by atoms with Gasteiger partial charge in [0.05, 0.1) is 31.8 Å². The second-order valence-electron chi connectivity index (χ2n) is 6.82. The lowest BCUT2D eigenvalue weighted by Crippen LogP contribution is -2.38. The van der Waals surface area contributed by atoms with Crippen molar-refractivity contribution in [2.24, 2.45) is 0 Å². The SMILES string of the molecule is COC(=O)CCCNC(=O)CSc1nnc(N2CCOCC2)n1-c1ccccc1C. The number of nitrogens with one attached hydrogen (secondary N) is 1. The van der Waals surface area contributed by atoms with Crippen molar-refractivity contribution in [3.63, 3.8) is 0 Å². The molecule has 1 saturated heterocycles. The molecule has 2 aromatic rings. The molecule has 1 fully saturated rings. The molecule has 0 saturated carbocycles. The summed E-state index contributed by atoms with van der Waals surface area (Å²) < 4.78 is 12.1. The van der Waals surface area contributed by atoms with E-state index in [1.165, 1.54) is 18.9 Å². The number of morpholine rings is 1. The van der Waals surface area contributed by atoms with E-state index in [0.717, 1.165) is 30.3 Å². The van der Waals surface area contributed by atoms with Gasteiger partial charge in [0.15, 0.2) is 5.16 Å². The second-order valence-corrected chi connectivity index (χ2v) is 7.76. The molecular weight excluding hydrogens is 406 g/mol. The molecule has 1 aromatic carbocycles. The average molecular weight is 434 g/mol. The van der Waals surface area contributed by atoms with Crippen LogP contribution in [-0.4, -0.2) is 72.4 Å². The Bertz CT molecular complexity index is 867. The summed E-state index contributed by atoms with van der Waals surface area (Å²) in [6.45, 7) is 5.26. The summed E-state index contributed by atoms with van der Waals surface area (Å²) in [4.78, 5) is 25.5. The van der Waals surface area contributed by atoms with E-state index in [0.29, 0.717) is 31.3 Å². The Morgan fingerprint density at radius 3 is 2.73 bits per heavy atom. The number of anilines is 1. The van der Waals surface area contributed by atoms with Crippen LogP contribution in [0.5, 0.6) is 0 Å². The number of nitrogens with zero attached hydrogens (tertiary/aromatic N) is 4. The first-order chi connectivity index (χ1) is 14.6. The Kier molecular flexibility index (Phi) is 8.09. The number of ether oxygens (including phenoxy) is 2. The largest absolute Gasteiger partial charge is 0.469 e. The fourth-order valence-corrected chi connectivity index (χ4v) is 3.86. The topological polar surface area (TPSA) is 98.6 Å². The van der Waals surface area contributed by atoms with Crippen LogP contribution in [0.4, 0.5) is 5.95 Å². The molecule has 0 aliphatic carbocycles. The maximum absolute atomic E-state index is 12.2. The number of hydrogen-bond donors (Lipinski definition) is 1. The van der Waals surface area contributed by atoms with Crippen molar-refractivity contribution in [3.05, 3.63) is 29.8 Å². The van der Waals surface area contributed by atoms with Crippen LogP contribution in [0.15, 0.2) is 29.4 Å². The van der Waals surface area contributed by atoms with Gasteiger partial charge in [0.2, 0.25) is 11.9 Å². The standard InChI is InChI=1S/C20H27N5O4S/c1-15-6-3-4-7-16(15)25-19(24-10-12-29-13-11-24)22-23-20(25)30-14-17(26)21-9-5-8-18(27)28-2/h3-4,6-7H,5,8-14H2,1-2H3,(H,21,26). The van der Waals surface area contributed by atoms with E-state index < -0.39 is 0 Å². The lowest BCUT2D eigenvalue weighted by Gasteiger charge is -2.28. The summed E-state index contributed by atoms with van der Waals surface area (Å²) >= 11 is 1.34. The van der Waals surface area contributed by atoms with E-state index in [1.54, 1.807) is 0 Å². The molecule has 9 nitrogen and oxygen atoms in total. The molecule has 1 aliphatic heterocycles. The number of carbonyl (C=O) groups excluding carboxylic acids is 2. The van der Waals surface area contributed by atoms with Crippen molar-refractivity contribution in [2.75, 3.05) is 50.6 Å². The zero-order chi connectivity index (χ0) is 21.3. The Morgan fingerprint density at radius 1 is 1.23 bits per heavy atom. The zero-order valence-corrected chi connectivity index (χ0v) is 18.1. The summed E-state index contributed by atoms with van der Waals surface area (Å²) in [5, 5.41) is 12.3. The van der Waals surface area contributed by atoms with Crippen LogP contribution in [0.25, 0.3) is 5.69 Å². The van der Waals surface area contributed by atoms with Crippen LogP contribution in [0, 0.1) is 6.92 Å². The first-order valence-electron chi connectivity index (χ1n) is 9.90. The summed E-state index contributed by atoms with van der Waals surface area (Å²) in [6, 6.07) is 8.04. The number of benzene rings is 1. The maximum Gasteiger partial charge on any atom is 0.305 e. The van der Waals surface area contributed by atoms with Gasteiger partial charge >= 0.3 is 5.97 Å². The molecule has 1 aliphatic rings. The van der Waals surface area contributed by atoms with Crippen molar-refractivity contribution in [2.45, 2.75) is 24.9 Å². The minimum atomic E-state index is -0.277. The molecule has 1 N–H and O–H groups in total. The third-order valence-electron chi connectivity index (χ3n) is 4.71. The van der Waals surface area contributed by atoms with Crippen LogP contribution in [0.2, 0.25) is 0 Å². The summed E-state index contributed by atoms with van der Waals surface area (Å²) in [7, 11) is 1.35. The van der Waals surface area contributed by atoms with Crippen molar-refractivity contribution in [1.29, 1.82) is 0 Å². The van der Waals surface area contributed by atoms with Crippen molar-refractivity contribution >= 4 is 29.6 Å². The van der Waals surface area contributed by atoms with Gasteiger partial charge in [0, 0.05) is 26.1 Å². The number of carbonyl (C=O) groups is 2. The van der Waals surface area contributed by atoms with Crippen molar-refractivity contribution in [3.8, 4) is 5.69 Å². The number of aromatic nitrogens is 3. The molecule has 0 bridgehead atoms. The number of para-hydroxylation sites is 1. The Morgan fingerprint density at radius 2 is 2.00 bits per heavy atom. The van der Waals surface area contributed by atoms with E-state index >= 15 is 0 Å². The van der Waals surface area contributed by atoms with Gasteiger partial charge in [0.25, 0.3) is 0 Å². The molecule has 0 atom stereocenters. The quantitative estimate of drug-likeness (QED) is 0.362. The molecule has 162 valence electrons. The Hall–Kier alpha value is -2.59. The molecule has 10 heteroatoms. The highest BCUT2D eigenvalue weighted by atomic mass is 32.2. The lowest BCUT2D eigenvalue weighted by atomic mass is 10.2. The minimum absolute atomic E-state index is 0.114. The van der Waals surface area contributed by atoms with Crippen LogP contribution < -0.4 is 10.2 Å². The highest BCUT2D eigenvalue weighted by molar-refractivity contribution is 7.99. The predicted octanol–water partition coefficient (Wildman–Crippen LogP) is 1.57. The van der Waals surface area contributed by atoms with Crippen LogP contribution in [0.3, 0.4) is 0 Å². The van der Waals surface area contributed by atoms with Gasteiger partial charge in [-0.15, -0.1) is 10.2 Å². The van der Waals surface area contributed by atoms with Crippen LogP contribution in [-0.2, 0) is 19.1 Å². The van der Waals surface area contributed by atoms with E-state index in [-0.39, 0.29) is 24.1 Å². The number of esters is 1. The Labute approximate surface area is 180 Å². The summed E-state index contributed by atoms with van der Waals surface area (Å²) in [5.41, 5.74) is 2.09. The molecular formula is C20H27N5O4S. The van der Waals surface area contributed by atoms with E-state index in [9.17, 15) is 9.59 Å². The van der Waals surface area contributed by atoms with Crippen molar-refractivity contribution in [1.82, 2.24) is 20.1 Å². The van der Waals surface area contributed by atoms with E-state index in [4.69, 9.17) is 4.74 Å². The summed E-state index contributed by atoms with van der Waals surface area (Å²) in [5.74, 6) is 0.581. The fraction of sp³-hybridized carbons (Fsp3) is 0.500. The van der Waals surface area contributed by atoms with Crippen molar-refractivity contribution < 1.29 is 19.1 Å². The van der Waals surface area contributed by atoms with Gasteiger partial charge in [-0.05, 0) is 25.0 Å². The van der Waals surface area contributed by atoms with Gasteiger partial charge in [-0.25, -0.2) is 0 Å². The van der Waals surface area contributed by atoms with E-state index in [1.807, 2.05) is 35.8 Å². The molecule has 1 amide bonds. The van der Waals surface area contributed by atoms with Crippen LogP contribution in [0.1, 0.15) is 18.4 Å². The molecule has 0 unspecified atom stereocenters. The third-order valence-corrected chi connectivity index (χ3v) is 5.64. The number of hydrogen-bond acceptors (Lipinski definition) is 8. The molecule has 30 heavy (non-hydrogen) atoms. The van der Waals surface area contributed by atoms with Gasteiger partial charge in [-0.2, -0.15) is 0 Å². The van der Waals surface area contributed by atoms with Gasteiger partial charge < -0.3 is 19.7 Å². The number of aryl methyl sites for hydroxylation is 1. The molecule has 0 radical (unpaired) electrons. The monoisotopic (exact) mass is 433 g/mol. The predicted molar refractivity (Wildman–Crippen MR) is 114 cm³/mol. The lowest BCUT2D eigenvalue weighted by molar-refractivity contribution is -0.140.